The first-order chi connectivity index (χ1) is 9.58. The van der Waals surface area contributed by atoms with Gasteiger partial charge in [0.15, 0.2) is 0 Å². The molecule has 2 atom stereocenters. The fraction of sp³-hybridized carbons (Fsp3) is 0.611. The van der Waals surface area contributed by atoms with Crippen molar-refractivity contribution in [2.75, 3.05) is 0 Å². The van der Waals surface area contributed by atoms with E-state index in [1.807, 2.05) is 24.3 Å². The quantitative estimate of drug-likeness (QED) is 0.602. The third-order valence-electron chi connectivity index (χ3n) is 3.95. The van der Waals surface area contributed by atoms with Crippen LogP contribution in [-0.2, 0) is 11.3 Å². The van der Waals surface area contributed by atoms with Crippen LogP contribution in [-0.4, -0.2) is 12.4 Å². The summed E-state index contributed by atoms with van der Waals surface area (Å²) < 4.78 is 6.03. The monoisotopic (exact) mass is 276 g/mol. The number of hydrogen-bond acceptors (Lipinski definition) is 2. The molecule has 0 amide bonds. The molecular formula is C18H28O2. The lowest BCUT2D eigenvalue weighted by Gasteiger charge is -2.27. The molecule has 1 aromatic rings. The predicted molar refractivity (Wildman–Crippen MR) is 83.9 cm³/mol. The summed E-state index contributed by atoms with van der Waals surface area (Å²) >= 11 is 0. The van der Waals surface area contributed by atoms with Crippen molar-refractivity contribution in [3.8, 4) is 0 Å². The van der Waals surface area contributed by atoms with E-state index >= 15 is 0 Å². The molecule has 1 aromatic carbocycles. The van der Waals surface area contributed by atoms with Gasteiger partial charge < -0.3 is 4.74 Å². The Morgan fingerprint density at radius 1 is 1.25 bits per heavy atom. The highest BCUT2D eigenvalue weighted by Crippen LogP contribution is 2.24. The maximum absolute atomic E-state index is 10.8. The van der Waals surface area contributed by atoms with E-state index < -0.39 is 0 Å². The Hall–Kier alpha value is -1.15. The molecule has 0 radical (unpaired) electrons. The Labute approximate surface area is 123 Å². The standard InChI is InChI=1S/C18H28O2/c1-5-6-10-18(14(2)3)15(4)20-13-17-9-7-8-16(11-17)12-19/h7-9,11-12,14-15,18H,5-6,10,13H2,1-4H3. The Morgan fingerprint density at radius 3 is 2.60 bits per heavy atom. The SMILES string of the molecule is CCCCC(C(C)C)C(C)OCc1cccc(C=O)c1. The highest BCUT2D eigenvalue weighted by atomic mass is 16.5. The summed E-state index contributed by atoms with van der Waals surface area (Å²) in [4.78, 5) is 10.8. The lowest BCUT2D eigenvalue weighted by atomic mass is 9.86. The van der Waals surface area contributed by atoms with E-state index in [0.717, 1.165) is 11.8 Å². The molecule has 0 fully saturated rings. The molecule has 0 aliphatic carbocycles. The van der Waals surface area contributed by atoms with Gasteiger partial charge in [-0.3, -0.25) is 4.79 Å². The van der Waals surface area contributed by atoms with E-state index in [-0.39, 0.29) is 6.10 Å². The Bertz CT molecular complexity index is 398. The average Bonchev–Trinajstić information content (AvgIpc) is 2.45. The van der Waals surface area contributed by atoms with Crippen molar-refractivity contribution in [1.82, 2.24) is 0 Å². The molecule has 0 aliphatic heterocycles. The Balaban J connectivity index is 2.54. The Morgan fingerprint density at radius 2 is 2.00 bits per heavy atom. The van der Waals surface area contributed by atoms with Crippen LogP contribution in [0.3, 0.4) is 0 Å². The van der Waals surface area contributed by atoms with Crippen LogP contribution in [0.25, 0.3) is 0 Å². The number of carbonyl (C=O) groups excluding carboxylic acids is 1. The zero-order valence-electron chi connectivity index (χ0n) is 13.3. The smallest absolute Gasteiger partial charge is 0.150 e. The molecule has 0 saturated heterocycles. The summed E-state index contributed by atoms with van der Waals surface area (Å²) in [5.74, 6) is 1.24. The molecule has 1 rings (SSSR count). The van der Waals surface area contributed by atoms with E-state index in [9.17, 15) is 4.79 Å². The average molecular weight is 276 g/mol. The maximum Gasteiger partial charge on any atom is 0.150 e. The number of benzene rings is 1. The van der Waals surface area contributed by atoms with Gasteiger partial charge in [0.05, 0.1) is 12.7 Å². The third-order valence-corrected chi connectivity index (χ3v) is 3.95. The van der Waals surface area contributed by atoms with Gasteiger partial charge >= 0.3 is 0 Å². The van der Waals surface area contributed by atoms with Crippen molar-refractivity contribution >= 4 is 6.29 Å². The summed E-state index contributed by atoms with van der Waals surface area (Å²) in [6.07, 6.45) is 4.85. The normalized spacial score (nSPS) is 14.2. The van der Waals surface area contributed by atoms with Gasteiger partial charge in [0.2, 0.25) is 0 Å². The lowest BCUT2D eigenvalue weighted by Crippen LogP contribution is -2.25. The van der Waals surface area contributed by atoms with Crippen LogP contribution in [0.15, 0.2) is 24.3 Å². The number of ether oxygens (including phenoxy) is 1. The van der Waals surface area contributed by atoms with Gasteiger partial charge in [-0.2, -0.15) is 0 Å². The van der Waals surface area contributed by atoms with E-state index in [1.165, 1.54) is 19.3 Å². The summed E-state index contributed by atoms with van der Waals surface area (Å²) in [6, 6.07) is 7.63. The molecule has 0 aliphatic rings. The molecule has 0 N–H and O–H groups in total. The van der Waals surface area contributed by atoms with Crippen molar-refractivity contribution in [3.05, 3.63) is 35.4 Å². The Kier molecular flexibility index (Phi) is 7.53. The first-order valence-corrected chi connectivity index (χ1v) is 7.74. The minimum atomic E-state index is 0.251. The highest BCUT2D eigenvalue weighted by molar-refractivity contribution is 5.74. The van der Waals surface area contributed by atoms with Crippen LogP contribution < -0.4 is 0 Å². The molecule has 2 nitrogen and oxygen atoms in total. The van der Waals surface area contributed by atoms with E-state index in [0.29, 0.717) is 24.0 Å². The van der Waals surface area contributed by atoms with Crippen LogP contribution in [0.4, 0.5) is 0 Å². The van der Waals surface area contributed by atoms with Crippen molar-refractivity contribution < 1.29 is 9.53 Å². The van der Waals surface area contributed by atoms with Crippen LogP contribution in [0, 0.1) is 11.8 Å². The molecule has 0 saturated carbocycles. The van der Waals surface area contributed by atoms with Crippen LogP contribution in [0.5, 0.6) is 0 Å². The molecule has 20 heavy (non-hydrogen) atoms. The second-order valence-electron chi connectivity index (χ2n) is 5.93. The van der Waals surface area contributed by atoms with Gasteiger partial charge in [-0.1, -0.05) is 51.8 Å². The first-order valence-electron chi connectivity index (χ1n) is 7.74. The second-order valence-corrected chi connectivity index (χ2v) is 5.93. The largest absolute Gasteiger partial charge is 0.374 e. The zero-order valence-corrected chi connectivity index (χ0v) is 13.3. The van der Waals surface area contributed by atoms with Crippen LogP contribution in [0.1, 0.15) is 62.9 Å². The number of hydrogen-bond donors (Lipinski definition) is 0. The molecular weight excluding hydrogens is 248 g/mol. The van der Waals surface area contributed by atoms with Crippen LogP contribution >= 0.6 is 0 Å². The van der Waals surface area contributed by atoms with E-state index in [4.69, 9.17) is 4.74 Å². The summed E-state index contributed by atoms with van der Waals surface area (Å²) in [5.41, 5.74) is 1.78. The number of carbonyl (C=O) groups is 1. The molecule has 2 heteroatoms. The van der Waals surface area contributed by atoms with Gasteiger partial charge in [0, 0.05) is 5.56 Å². The number of aldehydes is 1. The maximum atomic E-state index is 10.8. The molecule has 112 valence electrons. The van der Waals surface area contributed by atoms with Crippen LogP contribution in [0.2, 0.25) is 0 Å². The van der Waals surface area contributed by atoms with Crippen molar-refractivity contribution in [2.45, 2.75) is 59.7 Å². The van der Waals surface area contributed by atoms with Crippen molar-refractivity contribution in [1.29, 1.82) is 0 Å². The minimum absolute atomic E-state index is 0.251. The lowest BCUT2D eigenvalue weighted by molar-refractivity contribution is -0.00458. The molecule has 0 bridgehead atoms. The zero-order chi connectivity index (χ0) is 15.0. The summed E-state index contributed by atoms with van der Waals surface area (Å²) in [6.45, 7) is 9.52. The number of unbranched alkanes of at least 4 members (excludes halogenated alkanes) is 1. The first kappa shape index (κ1) is 16.9. The van der Waals surface area contributed by atoms with Gasteiger partial charge in [-0.25, -0.2) is 0 Å². The molecule has 0 heterocycles. The van der Waals surface area contributed by atoms with Gasteiger partial charge in [-0.15, -0.1) is 0 Å². The molecule has 2 unspecified atom stereocenters. The van der Waals surface area contributed by atoms with Gasteiger partial charge in [0.25, 0.3) is 0 Å². The van der Waals surface area contributed by atoms with E-state index in [1.54, 1.807) is 0 Å². The van der Waals surface area contributed by atoms with Gasteiger partial charge in [-0.05, 0) is 36.8 Å². The fourth-order valence-corrected chi connectivity index (χ4v) is 2.66. The van der Waals surface area contributed by atoms with Gasteiger partial charge in [0.1, 0.15) is 6.29 Å². The molecule has 0 aromatic heterocycles. The van der Waals surface area contributed by atoms with E-state index in [2.05, 4.69) is 27.7 Å². The number of rotatable bonds is 9. The summed E-state index contributed by atoms with van der Waals surface area (Å²) in [5, 5.41) is 0. The van der Waals surface area contributed by atoms with Crippen molar-refractivity contribution in [2.24, 2.45) is 11.8 Å². The summed E-state index contributed by atoms with van der Waals surface area (Å²) in [7, 11) is 0. The minimum Gasteiger partial charge on any atom is -0.374 e. The highest BCUT2D eigenvalue weighted by Gasteiger charge is 2.20. The van der Waals surface area contributed by atoms with Crippen molar-refractivity contribution in [3.63, 3.8) is 0 Å². The molecule has 0 spiro atoms. The topological polar surface area (TPSA) is 26.3 Å². The fourth-order valence-electron chi connectivity index (χ4n) is 2.66. The predicted octanol–water partition coefficient (Wildman–Crippen LogP) is 4.87. The second kappa shape index (κ2) is 8.91. The third kappa shape index (κ3) is 5.46.